The Bertz CT molecular complexity index is 346. The van der Waals surface area contributed by atoms with Crippen molar-refractivity contribution >= 4 is 20.9 Å². The molecule has 0 saturated carbocycles. The first kappa shape index (κ1) is 17.7. The highest BCUT2D eigenvalue weighted by Crippen LogP contribution is 2.22. The van der Waals surface area contributed by atoms with Gasteiger partial charge in [0, 0.05) is 23.8 Å². The summed E-state index contributed by atoms with van der Waals surface area (Å²) in [6.45, 7) is 8.20. The van der Waals surface area contributed by atoms with Crippen LogP contribution < -0.4 is 0 Å². The fraction of sp³-hybridized carbons (Fsp3) is 0.625. The monoisotopic (exact) mass is 314 g/mol. The Labute approximate surface area is 130 Å². The summed E-state index contributed by atoms with van der Waals surface area (Å²) < 4.78 is 12.1. The molecule has 0 heterocycles. The van der Waals surface area contributed by atoms with Crippen LogP contribution in [-0.4, -0.2) is 22.5 Å². The van der Waals surface area contributed by atoms with Gasteiger partial charge in [-0.3, -0.25) is 0 Å². The van der Waals surface area contributed by atoms with Crippen molar-refractivity contribution in [2.45, 2.75) is 52.0 Å². The Hall–Kier alpha value is -0.353. The van der Waals surface area contributed by atoms with Gasteiger partial charge in [-0.25, -0.2) is 0 Å². The molecular formula is C16H27ClO2Si. The molecule has 1 unspecified atom stereocenters. The molecule has 1 aromatic carbocycles. The molecule has 0 spiro atoms. The molecule has 4 heteroatoms. The van der Waals surface area contributed by atoms with Crippen LogP contribution in [0.4, 0.5) is 0 Å². The van der Waals surface area contributed by atoms with Crippen molar-refractivity contribution in [1.82, 2.24) is 0 Å². The lowest BCUT2D eigenvalue weighted by Gasteiger charge is -2.23. The van der Waals surface area contributed by atoms with E-state index < -0.39 is 9.28 Å². The molecule has 0 saturated heterocycles. The SMILES string of the molecule is CCCCO[SiH](OCCCC)C(C)c1ccc(Cl)cc1. The molecule has 0 aliphatic rings. The van der Waals surface area contributed by atoms with Gasteiger partial charge in [-0.1, -0.05) is 57.3 Å². The third-order valence-electron chi connectivity index (χ3n) is 3.36. The van der Waals surface area contributed by atoms with Crippen LogP contribution in [-0.2, 0) is 8.85 Å². The van der Waals surface area contributed by atoms with Crippen molar-refractivity contribution in [3.8, 4) is 0 Å². The van der Waals surface area contributed by atoms with Gasteiger partial charge in [0.1, 0.15) is 0 Å². The highest BCUT2D eigenvalue weighted by Gasteiger charge is 2.23. The van der Waals surface area contributed by atoms with Gasteiger partial charge in [0.2, 0.25) is 0 Å². The van der Waals surface area contributed by atoms with Crippen LogP contribution in [0.5, 0.6) is 0 Å². The summed E-state index contributed by atoms with van der Waals surface area (Å²) in [5.74, 6) is 0. The molecule has 0 amide bonds. The Balaban J connectivity index is 2.61. The standard InChI is InChI=1S/C16H27ClO2Si/c1-4-6-12-18-20(19-13-7-5-2)14(3)15-8-10-16(17)11-9-15/h8-11,14,20H,4-7,12-13H2,1-3H3. The Kier molecular flexibility index (Phi) is 9.19. The Morgan fingerprint density at radius 3 is 1.95 bits per heavy atom. The lowest BCUT2D eigenvalue weighted by atomic mass is 10.2. The summed E-state index contributed by atoms with van der Waals surface area (Å²) in [7, 11) is -1.68. The van der Waals surface area contributed by atoms with Gasteiger partial charge in [-0.15, -0.1) is 0 Å². The molecule has 0 radical (unpaired) electrons. The summed E-state index contributed by atoms with van der Waals surface area (Å²) in [5, 5.41) is 0.776. The van der Waals surface area contributed by atoms with Crippen LogP contribution in [0.1, 0.15) is 57.6 Å². The normalized spacial score (nSPS) is 12.8. The van der Waals surface area contributed by atoms with E-state index in [-0.39, 0.29) is 0 Å². The molecular weight excluding hydrogens is 288 g/mol. The largest absolute Gasteiger partial charge is 0.396 e. The number of hydrogen-bond acceptors (Lipinski definition) is 2. The Morgan fingerprint density at radius 1 is 1.00 bits per heavy atom. The van der Waals surface area contributed by atoms with Gasteiger partial charge in [0.15, 0.2) is 0 Å². The van der Waals surface area contributed by atoms with Crippen LogP contribution in [0.25, 0.3) is 0 Å². The van der Waals surface area contributed by atoms with Gasteiger partial charge in [0.25, 0.3) is 0 Å². The van der Waals surface area contributed by atoms with Crippen LogP contribution in [0, 0.1) is 0 Å². The van der Waals surface area contributed by atoms with E-state index in [1.54, 1.807) is 0 Å². The third-order valence-corrected chi connectivity index (χ3v) is 5.95. The van der Waals surface area contributed by atoms with E-state index in [0.29, 0.717) is 5.54 Å². The van der Waals surface area contributed by atoms with E-state index in [4.69, 9.17) is 20.5 Å². The topological polar surface area (TPSA) is 18.5 Å². The minimum absolute atomic E-state index is 0.348. The molecule has 2 nitrogen and oxygen atoms in total. The zero-order valence-electron chi connectivity index (χ0n) is 12.9. The average Bonchev–Trinajstić information content (AvgIpc) is 2.46. The Morgan fingerprint density at radius 2 is 1.50 bits per heavy atom. The third kappa shape index (κ3) is 6.40. The van der Waals surface area contributed by atoms with Crippen LogP contribution in [0.2, 0.25) is 5.02 Å². The van der Waals surface area contributed by atoms with Crippen molar-refractivity contribution in [1.29, 1.82) is 0 Å². The second-order valence-electron chi connectivity index (χ2n) is 5.16. The molecule has 114 valence electrons. The summed E-state index contributed by atoms with van der Waals surface area (Å²) in [6, 6.07) is 8.05. The summed E-state index contributed by atoms with van der Waals surface area (Å²) in [6.07, 6.45) is 4.53. The molecule has 20 heavy (non-hydrogen) atoms. The van der Waals surface area contributed by atoms with Crippen molar-refractivity contribution < 1.29 is 8.85 Å². The molecule has 0 N–H and O–H groups in total. The smallest absolute Gasteiger partial charge is 0.328 e. The van der Waals surface area contributed by atoms with E-state index in [0.717, 1.165) is 43.9 Å². The number of unbranched alkanes of at least 4 members (excludes halogenated alkanes) is 2. The molecule has 0 aliphatic carbocycles. The van der Waals surface area contributed by atoms with E-state index in [1.165, 1.54) is 5.56 Å². The maximum atomic E-state index is 6.06. The summed E-state index contributed by atoms with van der Waals surface area (Å²) in [4.78, 5) is 0. The maximum absolute atomic E-state index is 6.06. The van der Waals surface area contributed by atoms with E-state index in [1.807, 2.05) is 12.1 Å². The predicted molar refractivity (Wildman–Crippen MR) is 88.7 cm³/mol. The van der Waals surface area contributed by atoms with E-state index in [9.17, 15) is 0 Å². The highest BCUT2D eigenvalue weighted by atomic mass is 35.5. The average molecular weight is 315 g/mol. The molecule has 0 aliphatic heterocycles. The van der Waals surface area contributed by atoms with Crippen LogP contribution in [0.15, 0.2) is 24.3 Å². The second-order valence-corrected chi connectivity index (χ2v) is 8.00. The molecule has 1 atom stereocenters. The molecule has 0 fully saturated rings. The van der Waals surface area contributed by atoms with Crippen molar-refractivity contribution in [2.75, 3.05) is 13.2 Å². The molecule has 1 aromatic rings. The van der Waals surface area contributed by atoms with E-state index in [2.05, 4.69) is 32.9 Å². The van der Waals surface area contributed by atoms with Gasteiger partial charge in [0.05, 0.1) is 0 Å². The minimum Gasteiger partial charge on any atom is -0.396 e. The summed E-state index contributed by atoms with van der Waals surface area (Å²) in [5.41, 5.74) is 1.61. The number of rotatable bonds is 10. The van der Waals surface area contributed by atoms with Gasteiger partial charge < -0.3 is 8.85 Å². The highest BCUT2D eigenvalue weighted by molar-refractivity contribution is 6.46. The summed E-state index contributed by atoms with van der Waals surface area (Å²) >= 11 is 5.95. The number of benzene rings is 1. The van der Waals surface area contributed by atoms with Crippen LogP contribution >= 0.6 is 11.6 Å². The van der Waals surface area contributed by atoms with Gasteiger partial charge in [-0.05, 0) is 30.5 Å². The lowest BCUT2D eigenvalue weighted by molar-refractivity contribution is 0.185. The maximum Gasteiger partial charge on any atom is 0.328 e. The zero-order chi connectivity index (χ0) is 14.8. The first-order valence-corrected chi connectivity index (χ1v) is 9.66. The lowest BCUT2D eigenvalue weighted by Crippen LogP contribution is -2.30. The molecule has 0 aromatic heterocycles. The van der Waals surface area contributed by atoms with Gasteiger partial charge in [-0.2, -0.15) is 0 Å². The van der Waals surface area contributed by atoms with Gasteiger partial charge >= 0.3 is 9.28 Å². The minimum atomic E-state index is -1.68. The van der Waals surface area contributed by atoms with E-state index >= 15 is 0 Å². The van der Waals surface area contributed by atoms with Crippen molar-refractivity contribution in [3.63, 3.8) is 0 Å². The fourth-order valence-corrected chi connectivity index (χ4v) is 4.08. The fourth-order valence-electron chi connectivity index (χ4n) is 1.95. The number of halogens is 1. The second kappa shape index (κ2) is 10.4. The predicted octanol–water partition coefficient (Wildman–Crippen LogP) is 4.84. The van der Waals surface area contributed by atoms with Crippen molar-refractivity contribution in [2.24, 2.45) is 0 Å². The number of hydrogen-bond donors (Lipinski definition) is 0. The van der Waals surface area contributed by atoms with Crippen LogP contribution in [0.3, 0.4) is 0 Å². The first-order valence-electron chi connectivity index (χ1n) is 7.67. The quantitative estimate of drug-likeness (QED) is 0.454. The molecule has 0 bridgehead atoms. The van der Waals surface area contributed by atoms with Crippen molar-refractivity contribution in [3.05, 3.63) is 34.9 Å². The molecule has 1 rings (SSSR count). The first-order chi connectivity index (χ1) is 9.69. The zero-order valence-corrected chi connectivity index (χ0v) is 14.8.